The van der Waals surface area contributed by atoms with Gasteiger partial charge in [-0.15, -0.1) is 13.2 Å². The Morgan fingerprint density at radius 3 is 1.48 bits per heavy atom. The fourth-order valence-electron chi connectivity index (χ4n) is 2.52. The number of hydrogen-bond acceptors (Lipinski definition) is 6. The smallest absolute Gasteiger partial charge is 0.310 e. The van der Waals surface area contributed by atoms with Gasteiger partial charge in [0.15, 0.2) is 0 Å². The monoisotopic (exact) mass is 438 g/mol. The van der Waals surface area contributed by atoms with E-state index in [1.54, 1.807) is 12.2 Å². The van der Waals surface area contributed by atoms with Gasteiger partial charge in [-0.25, -0.2) is 0 Å². The molecule has 0 fully saturated rings. The normalized spacial score (nSPS) is 9.94. The lowest BCUT2D eigenvalue weighted by Gasteiger charge is -2.26. The molecule has 174 valence electrons. The highest BCUT2D eigenvalue weighted by Crippen LogP contribution is 2.34. The number of carbonyl (C=O) groups excluding carboxylic acids is 2. The van der Waals surface area contributed by atoms with Crippen LogP contribution in [0.5, 0.6) is 0 Å². The molecule has 0 rings (SSSR count). The van der Waals surface area contributed by atoms with Crippen LogP contribution in [0.1, 0.15) is 51.4 Å². The van der Waals surface area contributed by atoms with Crippen molar-refractivity contribution in [3.63, 3.8) is 0 Å². The van der Waals surface area contributed by atoms with E-state index < -0.39 is 17.4 Å². The molecule has 0 unspecified atom stereocenters. The van der Waals surface area contributed by atoms with Crippen LogP contribution in [0.15, 0.2) is 50.6 Å². The van der Waals surface area contributed by atoms with Gasteiger partial charge in [-0.2, -0.15) is 0 Å². The molecular weight excluding hydrogens is 404 g/mol. The second kappa shape index (κ2) is 18.8. The number of hydrogen-bond donors (Lipinski definition) is 2. The molecule has 0 heterocycles. The Hall–Kier alpha value is -3.16. The van der Waals surface area contributed by atoms with Crippen LogP contribution in [-0.2, 0) is 28.7 Å². The molecule has 0 saturated heterocycles. The Bertz CT molecular complexity index is 587. The van der Waals surface area contributed by atoms with E-state index in [-0.39, 0.29) is 44.4 Å². The van der Waals surface area contributed by atoms with Gasteiger partial charge in [0.05, 0.1) is 5.41 Å². The Morgan fingerprint density at radius 1 is 0.710 bits per heavy atom. The molecule has 0 amide bonds. The van der Waals surface area contributed by atoms with Crippen molar-refractivity contribution in [1.82, 2.24) is 0 Å². The van der Waals surface area contributed by atoms with E-state index in [0.29, 0.717) is 32.1 Å². The second-order valence-electron chi connectivity index (χ2n) is 6.62. The van der Waals surface area contributed by atoms with Crippen LogP contribution in [-0.4, -0.2) is 47.3 Å². The van der Waals surface area contributed by atoms with Crippen molar-refractivity contribution in [3.8, 4) is 0 Å². The molecule has 0 saturated carbocycles. The lowest BCUT2D eigenvalue weighted by atomic mass is 9.77. The van der Waals surface area contributed by atoms with Crippen molar-refractivity contribution in [2.24, 2.45) is 5.41 Å². The quantitative estimate of drug-likeness (QED) is 0.257. The molecule has 0 aromatic heterocycles. The summed E-state index contributed by atoms with van der Waals surface area (Å²) in [6.07, 6.45) is 8.30. The van der Waals surface area contributed by atoms with Crippen LogP contribution in [0, 0.1) is 5.41 Å². The van der Waals surface area contributed by atoms with Gasteiger partial charge >= 0.3 is 23.9 Å². The van der Waals surface area contributed by atoms with Gasteiger partial charge in [0, 0.05) is 19.3 Å². The van der Waals surface area contributed by atoms with Crippen molar-refractivity contribution in [2.75, 3.05) is 13.2 Å². The molecule has 2 N–H and O–H groups in total. The van der Waals surface area contributed by atoms with E-state index in [0.717, 1.165) is 0 Å². The highest BCUT2D eigenvalue weighted by molar-refractivity contribution is 5.75. The first-order chi connectivity index (χ1) is 14.7. The van der Waals surface area contributed by atoms with Gasteiger partial charge in [-0.05, 0) is 32.1 Å². The van der Waals surface area contributed by atoms with Gasteiger partial charge < -0.3 is 19.7 Å². The van der Waals surface area contributed by atoms with Crippen LogP contribution in [0.2, 0.25) is 0 Å². The summed E-state index contributed by atoms with van der Waals surface area (Å²) in [4.78, 5) is 43.5. The highest BCUT2D eigenvalue weighted by Gasteiger charge is 2.35. The predicted octanol–water partition coefficient (Wildman–Crippen LogP) is 4.08. The van der Waals surface area contributed by atoms with Crippen molar-refractivity contribution in [1.29, 1.82) is 0 Å². The second-order valence-corrected chi connectivity index (χ2v) is 6.62. The summed E-state index contributed by atoms with van der Waals surface area (Å²) in [6, 6.07) is 0. The molecule has 8 heteroatoms. The number of carbonyl (C=O) groups is 4. The maximum atomic E-state index is 11.2. The van der Waals surface area contributed by atoms with E-state index in [4.69, 9.17) is 14.6 Å². The topological polar surface area (TPSA) is 127 Å². The van der Waals surface area contributed by atoms with Crippen LogP contribution in [0.4, 0.5) is 0 Å². The highest BCUT2D eigenvalue weighted by atomic mass is 16.5. The van der Waals surface area contributed by atoms with Crippen LogP contribution < -0.4 is 0 Å². The van der Waals surface area contributed by atoms with Gasteiger partial charge in [0.2, 0.25) is 0 Å². The number of aliphatic carboxylic acids is 2. The van der Waals surface area contributed by atoms with E-state index in [9.17, 15) is 24.3 Å². The van der Waals surface area contributed by atoms with E-state index >= 15 is 0 Å². The maximum Gasteiger partial charge on any atom is 0.310 e. The zero-order valence-electron chi connectivity index (χ0n) is 18.1. The standard InChI is InChI=1S/C12H18O4.C11H16O4/c1-3-7-12(8-4-2,11(15)16)9-5-6-10(13)14;1-3-8-14-10(12)6-5-7-11(13)15-9-4-2/h3-4H,1-2,5-9H2,(H,13,14)(H,15,16);3-4H,1-2,5-9H2. The third-order valence-electron chi connectivity index (χ3n) is 4.06. The molecule has 0 spiro atoms. The summed E-state index contributed by atoms with van der Waals surface area (Å²) < 4.78 is 9.46. The molecule has 8 nitrogen and oxygen atoms in total. The first-order valence-corrected chi connectivity index (χ1v) is 9.89. The number of ether oxygens (including phenoxy) is 2. The average molecular weight is 439 g/mol. The van der Waals surface area contributed by atoms with Gasteiger partial charge in [-0.3, -0.25) is 19.2 Å². The van der Waals surface area contributed by atoms with Crippen LogP contribution in [0.25, 0.3) is 0 Å². The number of rotatable bonds is 17. The molecule has 0 aliphatic carbocycles. The minimum Gasteiger partial charge on any atom is -0.481 e. The number of allylic oxidation sites excluding steroid dienone is 2. The maximum absolute atomic E-state index is 11.2. The van der Waals surface area contributed by atoms with Crippen molar-refractivity contribution in [3.05, 3.63) is 50.6 Å². The fourth-order valence-corrected chi connectivity index (χ4v) is 2.52. The molecule has 0 radical (unpaired) electrons. The van der Waals surface area contributed by atoms with Crippen molar-refractivity contribution in [2.45, 2.75) is 51.4 Å². The number of esters is 2. The van der Waals surface area contributed by atoms with E-state index in [1.165, 1.54) is 12.2 Å². The van der Waals surface area contributed by atoms with Crippen molar-refractivity contribution < 1.29 is 38.9 Å². The summed E-state index contributed by atoms with van der Waals surface area (Å²) in [5.41, 5.74) is -0.945. The van der Waals surface area contributed by atoms with Crippen molar-refractivity contribution >= 4 is 23.9 Å². The Morgan fingerprint density at radius 2 is 1.16 bits per heavy atom. The summed E-state index contributed by atoms with van der Waals surface area (Å²) in [5, 5.41) is 17.7. The Labute approximate surface area is 183 Å². The van der Waals surface area contributed by atoms with Gasteiger partial charge in [0.25, 0.3) is 0 Å². The molecule has 0 bridgehead atoms. The molecule has 0 aromatic carbocycles. The third-order valence-corrected chi connectivity index (χ3v) is 4.06. The summed E-state index contributed by atoms with van der Waals surface area (Å²) in [6.45, 7) is 14.3. The Balaban J connectivity index is 0. The largest absolute Gasteiger partial charge is 0.481 e. The van der Waals surface area contributed by atoms with Gasteiger partial charge in [-0.1, -0.05) is 37.5 Å². The lowest BCUT2D eigenvalue weighted by Crippen LogP contribution is -2.30. The van der Waals surface area contributed by atoms with Crippen LogP contribution >= 0.6 is 0 Å². The summed E-state index contributed by atoms with van der Waals surface area (Å²) >= 11 is 0. The van der Waals surface area contributed by atoms with E-state index in [1.807, 2.05) is 0 Å². The van der Waals surface area contributed by atoms with E-state index in [2.05, 4.69) is 26.3 Å². The first-order valence-electron chi connectivity index (χ1n) is 9.89. The molecule has 0 atom stereocenters. The van der Waals surface area contributed by atoms with Crippen LogP contribution in [0.3, 0.4) is 0 Å². The molecule has 31 heavy (non-hydrogen) atoms. The summed E-state index contributed by atoms with van der Waals surface area (Å²) in [5.74, 6) is -2.48. The Kier molecular flexibility index (Phi) is 18.3. The number of carboxylic acids is 2. The fraction of sp³-hybridized carbons (Fsp3) is 0.478. The lowest BCUT2D eigenvalue weighted by molar-refractivity contribution is -0.150. The average Bonchev–Trinajstić information content (AvgIpc) is 2.71. The zero-order chi connectivity index (χ0) is 24.1. The minimum absolute atomic E-state index is 0.0106. The predicted molar refractivity (Wildman–Crippen MR) is 117 cm³/mol. The molecular formula is C23H34O8. The SMILES string of the molecule is C=CCC(CC=C)(CCCC(=O)O)C(=O)O.C=CCOC(=O)CCCC(=O)OCC=C. The summed E-state index contributed by atoms with van der Waals surface area (Å²) in [7, 11) is 0. The third kappa shape index (κ3) is 16.3. The zero-order valence-corrected chi connectivity index (χ0v) is 18.1. The molecule has 0 aliphatic rings. The first kappa shape index (κ1) is 30.0. The number of carboxylic acid groups (broad SMARTS) is 2. The van der Waals surface area contributed by atoms with Gasteiger partial charge in [0.1, 0.15) is 13.2 Å². The molecule has 0 aliphatic heterocycles. The minimum atomic E-state index is -0.945. The molecule has 0 aromatic rings.